The highest BCUT2D eigenvalue weighted by Gasteiger charge is 2.00. The second-order valence-corrected chi connectivity index (χ2v) is 3.81. The Morgan fingerprint density at radius 2 is 2.20 bits per heavy atom. The van der Waals surface area contributed by atoms with E-state index in [1.165, 1.54) is 12.4 Å². The maximum Gasteiger partial charge on any atom is 0.193 e. The third-order valence-electron chi connectivity index (χ3n) is 1.26. The second kappa shape index (κ2) is 5.52. The average Bonchev–Trinajstić information content (AvgIpc) is 2.16. The fourth-order valence-corrected chi connectivity index (χ4v) is 1.41. The molecule has 0 atom stereocenters. The Morgan fingerprint density at radius 1 is 1.47 bits per heavy atom. The first-order valence-electron chi connectivity index (χ1n) is 3.85. The van der Waals surface area contributed by atoms with Crippen molar-refractivity contribution in [3.8, 4) is 0 Å². The third kappa shape index (κ3) is 4.61. The van der Waals surface area contributed by atoms with Crippen molar-refractivity contribution in [2.24, 2.45) is 16.5 Å². The first kappa shape index (κ1) is 11.7. The monoisotopic (exact) mass is 244 g/mol. The highest BCUT2D eigenvalue weighted by Crippen LogP contribution is 2.12. The molecule has 0 spiro atoms. The quantitative estimate of drug-likeness (QED) is 0.520. The molecular weight excluding hydrogens is 236 g/mol. The summed E-state index contributed by atoms with van der Waals surface area (Å²) in [7, 11) is 0. The molecule has 0 aromatic carbocycles. The number of aromatic nitrogens is 2. The molecule has 0 saturated carbocycles. The molecule has 80 valence electrons. The minimum atomic E-state index is -0.130. The Bertz CT molecular complexity index is 372. The van der Waals surface area contributed by atoms with Gasteiger partial charge in [-0.2, -0.15) is 4.99 Å². The number of halogens is 1. The molecule has 1 heterocycles. The summed E-state index contributed by atoms with van der Waals surface area (Å²) >= 11 is 6.72. The normalized spacial score (nSPS) is 9.67. The number of aliphatic imine (C=N–C) groups is 1. The summed E-state index contributed by atoms with van der Waals surface area (Å²) in [5.74, 6) is 0.342. The first-order valence-corrected chi connectivity index (χ1v) is 5.21. The lowest BCUT2D eigenvalue weighted by Crippen LogP contribution is -2.23. The van der Waals surface area contributed by atoms with E-state index in [9.17, 15) is 0 Å². The second-order valence-electron chi connectivity index (χ2n) is 2.46. The Hall–Kier alpha value is -1.34. The van der Waals surface area contributed by atoms with Gasteiger partial charge in [0.1, 0.15) is 5.15 Å². The molecule has 15 heavy (non-hydrogen) atoms. The Labute approximate surface area is 95.7 Å². The fraction of sp³-hybridized carbons (Fsp3) is 0.143. The topological polar surface area (TPSA) is 114 Å². The van der Waals surface area contributed by atoms with Crippen LogP contribution in [-0.2, 0) is 5.75 Å². The zero-order valence-electron chi connectivity index (χ0n) is 7.64. The lowest BCUT2D eigenvalue weighted by molar-refractivity contribution is 1.10. The van der Waals surface area contributed by atoms with Gasteiger partial charge in [0.2, 0.25) is 0 Å². The van der Waals surface area contributed by atoms with Gasteiger partial charge in [-0.3, -0.25) is 10.4 Å². The Balaban J connectivity index is 2.47. The van der Waals surface area contributed by atoms with E-state index in [4.69, 9.17) is 28.5 Å². The van der Waals surface area contributed by atoms with Crippen molar-refractivity contribution in [3.05, 3.63) is 23.2 Å². The maximum absolute atomic E-state index is 7.35. The SMILES string of the molecule is N=C(N=C(N)N)SCc1cnc(Cl)cn1. The van der Waals surface area contributed by atoms with E-state index in [2.05, 4.69) is 15.0 Å². The third-order valence-corrected chi connectivity index (χ3v) is 2.26. The molecule has 0 aliphatic rings. The number of amidine groups is 1. The van der Waals surface area contributed by atoms with Crippen LogP contribution >= 0.6 is 23.4 Å². The van der Waals surface area contributed by atoms with Gasteiger partial charge in [0.25, 0.3) is 0 Å². The molecule has 0 unspecified atom stereocenters. The van der Waals surface area contributed by atoms with E-state index in [0.29, 0.717) is 16.6 Å². The molecule has 0 bridgehead atoms. The van der Waals surface area contributed by atoms with Crippen LogP contribution in [0.4, 0.5) is 0 Å². The van der Waals surface area contributed by atoms with Gasteiger partial charge < -0.3 is 11.5 Å². The number of nitrogens with zero attached hydrogens (tertiary/aromatic N) is 3. The number of rotatable bonds is 2. The van der Waals surface area contributed by atoms with Crippen molar-refractivity contribution in [2.45, 2.75) is 5.75 Å². The summed E-state index contributed by atoms with van der Waals surface area (Å²) < 4.78 is 0. The predicted molar refractivity (Wildman–Crippen MR) is 61.9 cm³/mol. The van der Waals surface area contributed by atoms with Crippen LogP contribution in [0, 0.1) is 5.41 Å². The van der Waals surface area contributed by atoms with Crippen LogP contribution in [0.25, 0.3) is 0 Å². The smallest absolute Gasteiger partial charge is 0.193 e. The van der Waals surface area contributed by atoms with Gasteiger partial charge in [0.15, 0.2) is 11.1 Å². The van der Waals surface area contributed by atoms with Crippen LogP contribution in [-0.4, -0.2) is 21.1 Å². The summed E-state index contributed by atoms with van der Waals surface area (Å²) in [5.41, 5.74) is 10.9. The summed E-state index contributed by atoms with van der Waals surface area (Å²) in [6.07, 6.45) is 2.99. The number of hydrogen-bond acceptors (Lipinski definition) is 4. The van der Waals surface area contributed by atoms with Crippen LogP contribution in [0.3, 0.4) is 0 Å². The molecule has 0 amide bonds. The van der Waals surface area contributed by atoms with Crippen molar-refractivity contribution >= 4 is 34.5 Å². The van der Waals surface area contributed by atoms with E-state index < -0.39 is 0 Å². The van der Waals surface area contributed by atoms with Crippen molar-refractivity contribution in [1.82, 2.24) is 9.97 Å². The van der Waals surface area contributed by atoms with E-state index in [1.807, 2.05) is 0 Å². The molecule has 5 N–H and O–H groups in total. The number of nitrogens with one attached hydrogen (secondary N) is 1. The zero-order valence-corrected chi connectivity index (χ0v) is 9.22. The van der Waals surface area contributed by atoms with Gasteiger partial charge in [-0.1, -0.05) is 23.4 Å². The lowest BCUT2D eigenvalue weighted by atomic mass is 10.5. The number of thioether (sulfide) groups is 1. The van der Waals surface area contributed by atoms with Crippen molar-refractivity contribution in [3.63, 3.8) is 0 Å². The van der Waals surface area contributed by atoms with E-state index >= 15 is 0 Å². The molecule has 0 aliphatic carbocycles. The Kier molecular flexibility index (Phi) is 4.32. The highest BCUT2D eigenvalue weighted by molar-refractivity contribution is 8.13. The van der Waals surface area contributed by atoms with Gasteiger partial charge in [-0.05, 0) is 0 Å². The number of guanidine groups is 1. The van der Waals surface area contributed by atoms with Gasteiger partial charge in [0.05, 0.1) is 18.1 Å². The minimum absolute atomic E-state index is 0.0340. The summed E-state index contributed by atoms with van der Waals surface area (Å²) in [6.45, 7) is 0. The summed E-state index contributed by atoms with van der Waals surface area (Å²) in [4.78, 5) is 11.4. The van der Waals surface area contributed by atoms with Gasteiger partial charge in [-0.15, -0.1) is 0 Å². The van der Waals surface area contributed by atoms with E-state index in [0.717, 1.165) is 11.8 Å². The van der Waals surface area contributed by atoms with Crippen LogP contribution in [0.5, 0.6) is 0 Å². The van der Waals surface area contributed by atoms with Crippen LogP contribution in [0.1, 0.15) is 5.69 Å². The average molecular weight is 245 g/mol. The van der Waals surface area contributed by atoms with E-state index in [1.54, 1.807) is 0 Å². The molecule has 0 saturated heterocycles. The van der Waals surface area contributed by atoms with Crippen molar-refractivity contribution < 1.29 is 0 Å². The molecule has 6 nitrogen and oxygen atoms in total. The summed E-state index contributed by atoms with van der Waals surface area (Å²) in [5, 5.41) is 7.72. The Morgan fingerprint density at radius 3 is 2.73 bits per heavy atom. The molecule has 1 rings (SSSR count). The summed E-state index contributed by atoms with van der Waals surface area (Å²) in [6, 6.07) is 0. The largest absolute Gasteiger partial charge is 0.370 e. The lowest BCUT2D eigenvalue weighted by Gasteiger charge is -1.98. The van der Waals surface area contributed by atoms with Crippen LogP contribution in [0.15, 0.2) is 17.4 Å². The molecular formula is C7H9ClN6S. The van der Waals surface area contributed by atoms with Gasteiger partial charge in [-0.25, -0.2) is 4.98 Å². The molecule has 1 aromatic rings. The fourth-order valence-electron chi connectivity index (χ4n) is 0.705. The highest BCUT2D eigenvalue weighted by atomic mass is 35.5. The first-order chi connectivity index (χ1) is 7.08. The standard InChI is InChI=1S/C7H9ClN6S/c8-5-2-12-4(1-13-5)3-15-7(11)14-6(9)10/h1-2H,3H2,(H5,9,10,11,14). The maximum atomic E-state index is 7.35. The number of hydrogen-bond donors (Lipinski definition) is 3. The molecule has 0 aliphatic heterocycles. The van der Waals surface area contributed by atoms with Gasteiger partial charge >= 0.3 is 0 Å². The van der Waals surface area contributed by atoms with Crippen LogP contribution in [0.2, 0.25) is 5.15 Å². The van der Waals surface area contributed by atoms with E-state index in [-0.39, 0.29) is 11.1 Å². The minimum Gasteiger partial charge on any atom is -0.370 e. The molecule has 8 heteroatoms. The molecule has 0 fully saturated rings. The predicted octanol–water partition coefficient (Wildman–Crippen LogP) is 0.571. The van der Waals surface area contributed by atoms with Crippen LogP contribution < -0.4 is 11.5 Å². The van der Waals surface area contributed by atoms with Crippen molar-refractivity contribution in [2.75, 3.05) is 0 Å². The number of nitrogens with two attached hydrogens (primary N) is 2. The van der Waals surface area contributed by atoms with Gasteiger partial charge in [0, 0.05) is 5.75 Å². The zero-order chi connectivity index (χ0) is 11.3. The van der Waals surface area contributed by atoms with Crippen molar-refractivity contribution in [1.29, 1.82) is 5.41 Å². The molecule has 0 radical (unpaired) electrons. The molecule has 1 aromatic heterocycles.